The van der Waals surface area contributed by atoms with Crippen LogP contribution in [-0.4, -0.2) is 25.6 Å². The zero-order chi connectivity index (χ0) is 17.2. The van der Waals surface area contributed by atoms with Gasteiger partial charge in [-0.1, -0.05) is 42.5 Å². The van der Waals surface area contributed by atoms with Gasteiger partial charge in [0.05, 0.1) is 32.5 Å². The first-order valence-electron chi connectivity index (χ1n) is 8.06. The second kappa shape index (κ2) is 9.85. The third kappa shape index (κ3) is 5.80. The van der Waals surface area contributed by atoms with Crippen LogP contribution < -0.4 is 4.74 Å². The largest absolute Gasteiger partial charge is 0.497 e. The molecule has 0 N–H and O–H groups in total. The van der Waals surface area contributed by atoms with Crippen LogP contribution in [0.3, 0.4) is 0 Å². The number of rotatable bonds is 10. The summed E-state index contributed by atoms with van der Waals surface area (Å²) in [5.74, 6) is 0.808. The van der Waals surface area contributed by atoms with Gasteiger partial charge < -0.3 is 19.0 Å². The van der Waals surface area contributed by atoms with Gasteiger partial charge in [-0.15, -0.1) is 0 Å². The summed E-state index contributed by atoms with van der Waals surface area (Å²) in [5.41, 5.74) is 2.13. The number of aldehydes is 1. The van der Waals surface area contributed by atoms with Crippen molar-refractivity contribution < 1.29 is 19.0 Å². The van der Waals surface area contributed by atoms with E-state index in [1.54, 1.807) is 7.11 Å². The number of hydrogen-bond acceptors (Lipinski definition) is 4. The van der Waals surface area contributed by atoms with Crippen LogP contribution in [0.4, 0.5) is 0 Å². The lowest BCUT2D eigenvalue weighted by molar-refractivity contribution is -0.117. The molecule has 0 saturated carbocycles. The maximum atomic E-state index is 10.9. The van der Waals surface area contributed by atoms with Crippen molar-refractivity contribution in [2.24, 2.45) is 0 Å². The standard InChI is InChI=1S/C20H24O4/c1-16(23-14-17-6-4-3-5-7-17)20(12-13-21)24-15-18-8-10-19(22-2)11-9-18/h3-11,13,16,20H,12,14-15H2,1-2H3/t16-,20-/m1/s1. The second-order valence-corrected chi connectivity index (χ2v) is 5.60. The molecule has 4 heteroatoms. The molecule has 24 heavy (non-hydrogen) atoms. The van der Waals surface area contributed by atoms with Gasteiger partial charge in [0.1, 0.15) is 12.0 Å². The fraction of sp³-hybridized carbons (Fsp3) is 0.350. The minimum Gasteiger partial charge on any atom is -0.497 e. The molecule has 0 amide bonds. The van der Waals surface area contributed by atoms with Gasteiger partial charge in [0, 0.05) is 6.42 Å². The molecule has 0 aliphatic carbocycles. The normalized spacial score (nSPS) is 13.2. The Labute approximate surface area is 143 Å². The van der Waals surface area contributed by atoms with Gasteiger partial charge in [0.25, 0.3) is 0 Å². The van der Waals surface area contributed by atoms with Crippen LogP contribution in [0, 0.1) is 0 Å². The highest BCUT2D eigenvalue weighted by Gasteiger charge is 2.18. The van der Waals surface area contributed by atoms with E-state index in [1.165, 1.54) is 0 Å². The topological polar surface area (TPSA) is 44.8 Å². The van der Waals surface area contributed by atoms with Crippen LogP contribution in [-0.2, 0) is 27.5 Å². The molecule has 2 rings (SSSR count). The van der Waals surface area contributed by atoms with E-state index in [2.05, 4.69) is 0 Å². The number of hydrogen-bond donors (Lipinski definition) is 0. The van der Waals surface area contributed by atoms with E-state index in [0.717, 1.165) is 23.2 Å². The molecule has 0 spiro atoms. The summed E-state index contributed by atoms with van der Waals surface area (Å²) >= 11 is 0. The fourth-order valence-corrected chi connectivity index (χ4v) is 2.32. The number of methoxy groups -OCH3 is 1. The van der Waals surface area contributed by atoms with Crippen molar-refractivity contribution in [2.75, 3.05) is 7.11 Å². The summed E-state index contributed by atoms with van der Waals surface area (Å²) in [7, 11) is 1.64. The van der Waals surface area contributed by atoms with E-state index in [1.807, 2.05) is 61.5 Å². The van der Waals surface area contributed by atoms with Crippen molar-refractivity contribution in [3.05, 3.63) is 65.7 Å². The quantitative estimate of drug-likeness (QED) is 0.623. The number of carbonyl (C=O) groups is 1. The summed E-state index contributed by atoms with van der Waals surface area (Å²) < 4.78 is 16.9. The van der Waals surface area contributed by atoms with Gasteiger partial charge in [-0.05, 0) is 30.2 Å². The van der Waals surface area contributed by atoms with Crippen LogP contribution in [0.5, 0.6) is 5.75 Å². The van der Waals surface area contributed by atoms with Crippen LogP contribution in [0.1, 0.15) is 24.5 Å². The molecule has 0 fully saturated rings. The highest BCUT2D eigenvalue weighted by atomic mass is 16.5. The Morgan fingerprint density at radius 3 is 2.17 bits per heavy atom. The summed E-state index contributed by atoms with van der Waals surface area (Å²) in [6.07, 6.45) is 0.745. The Hall–Kier alpha value is -2.17. The lowest BCUT2D eigenvalue weighted by Crippen LogP contribution is -2.29. The molecule has 2 atom stereocenters. The Kier molecular flexibility index (Phi) is 7.46. The van der Waals surface area contributed by atoms with E-state index in [-0.39, 0.29) is 12.2 Å². The summed E-state index contributed by atoms with van der Waals surface area (Å²) in [6, 6.07) is 17.6. The minimum absolute atomic E-state index is 0.173. The maximum Gasteiger partial charge on any atom is 0.122 e. The smallest absolute Gasteiger partial charge is 0.122 e. The SMILES string of the molecule is COc1ccc(CO[C@H](CC=O)[C@@H](C)OCc2ccccc2)cc1. The predicted molar refractivity (Wildman–Crippen MR) is 92.9 cm³/mol. The van der Waals surface area contributed by atoms with E-state index in [9.17, 15) is 4.79 Å². The van der Waals surface area contributed by atoms with Gasteiger partial charge in [0.15, 0.2) is 0 Å². The highest BCUT2D eigenvalue weighted by molar-refractivity contribution is 5.50. The number of benzene rings is 2. The third-order valence-corrected chi connectivity index (χ3v) is 3.83. The van der Waals surface area contributed by atoms with Gasteiger partial charge in [0.2, 0.25) is 0 Å². The van der Waals surface area contributed by atoms with Gasteiger partial charge >= 0.3 is 0 Å². The molecule has 0 bridgehead atoms. The number of carbonyl (C=O) groups excluding carboxylic acids is 1. The lowest BCUT2D eigenvalue weighted by atomic mass is 10.1. The predicted octanol–water partition coefficient (Wildman–Crippen LogP) is 3.77. The van der Waals surface area contributed by atoms with Crippen molar-refractivity contribution in [3.63, 3.8) is 0 Å². The Bertz CT molecular complexity index is 595. The average Bonchev–Trinajstić information content (AvgIpc) is 2.64. The molecule has 0 unspecified atom stereocenters. The second-order valence-electron chi connectivity index (χ2n) is 5.60. The molecular weight excluding hydrogens is 304 g/mol. The first-order valence-corrected chi connectivity index (χ1v) is 8.06. The molecule has 0 saturated heterocycles. The molecule has 0 radical (unpaired) electrons. The third-order valence-electron chi connectivity index (χ3n) is 3.83. The van der Waals surface area contributed by atoms with Crippen molar-refractivity contribution in [1.29, 1.82) is 0 Å². The minimum atomic E-state index is -0.270. The zero-order valence-corrected chi connectivity index (χ0v) is 14.2. The van der Waals surface area contributed by atoms with Crippen molar-refractivity contribution >= 4 is 6.29 Å². The number of ether oxygens (including phenoxy) is 3. The molecule has 0 heterocycles. The first-order chi connectivity index (χ1) is 11.7. The fourth-order valence-electron chi connectivity index (χ4n) is 2.32. The zero-order valence-electron chi connectivity index (χ0n) is 14.2. The van der Waals surface area contributed by atoms with Crippen LogP contribution in [0.25, 0.3) is 0 Å². The summed E-state index contributed by atoms with van der Waals surface area (Å²) in [6.45, 7) is 2.87. The maximum absolute atomic E-state index is 10.9. The Balaban J connectivity index is 1.86. The van der Waals surface area contributed by atoms with E-state index < -0.39 is 0 Å². The highest BCUT2D eigenvalue weighted by Crippen LogP contribution is 2.16. The molecule has 2 aromatic carbocycles. The Morgan fingerprint density at radius 2 is 1.54 bits per heavy atom. The molecule has 4 nitrogen and oxygen atoms in total. The van der Waals surface area contributed by atoms with Crippen molar-refractivity contribution in [2.45, 2.75) is 38.8 Å². The molecular formula is C20H24O4. The van der Waals surface area contributed by atoms with Crippen LogP contribution in [0.15, 0.2) is 54.6 Å². The summed E-state index contributed by atoms with van der Waals surface area (Å²) in [4.78, 5) is 10.9. The van der Waals surface area contributed by atoms with Crippen LogP contribution in [0.2, 0.25) is 0 Å². The van der Waals surface area contributed by atoms with E-state index in [0.29, 0.717) is 19.6 Å². The van der Waals surface area contributed by atoms with Crippen molar-refractivity contribution in [3.8, 4) is 5.75 Å². The summed E-state index contributed by atoms with van der Waals surface area (Å²) in [5, 5.41) is 0. The monoisotopic (exact) mass is 328 g/mol. The van der Waals surface area contributed by atoms with E-state index in [4.69, 9.17) is 14.2 Å². The van der Waals surface area contributed by atoms with Gasteiger partial charge in [-0.25, -0.2) is 0 Å². The van der Waals surface area contributed by atoms with E-state index >= 15 is 0 Å². The first kappa shape index (κ1) is 18.2. The lowest BCUT2D eigenvalue weighted by Gasteiger charge is -2.23. The molecule has 0 aliphatic heterocycles. The Morgan fingerprint density at radius 1 is 0.917 bits per heavy atom. The van der Waals surface area contributed by atoms with Gasteiger partial charge in [-0.2, -0.15) is 0 Å². The average molecular weight is 328 g/mol. The molecule has 0 aromatic heterocycles. The van der Waals surface area contributed by atoms with Gasteiger partial charge in [-0.3, -0.25) is 0 Å². The molecule has 128 valence electrons. The molecule has 0 aliphatic rings. The van der Waals surface area contributed by atoms with Crippen molar-refractivity contribution in [1.82, 2.24) is 0 Å². The van der Waals surface area contributed by atoms with Crippen LogP contribution >= 0.6 is 0 Å². The molecule has 2 aromatic rings.